The van der Waals surface area contributed by atoms with Crippen molar-refractivity contribution in [3.8, 4) is 0 Å². The standard InChI is InChI=1S/C34H36FN4P/c1-34(2)31-16-10-11-17-32(31)37(3)33(34)26-40(30-14-8-5-9-15-30,36-28-20-18-27(35)19-21-28)39-24-22-38(23-25-39)29-12-6-4-7-13-29/h4-21,26H,22-25H2,1-3H3/b33-26-/t40-/m1/s1. The van der Waals surface area contributed by atoms with Gasteiger partial charge in [0.25, 0.3) is 0 Å². The number of para-hydroxylation sites is 2. The number of rotatable bonds is 5. The van der Waals surface area contributed by atoms with Crippen molar-refractivity contribution >= 4 is 29.6 Å². The van der Waals surface area contributed by atoms with Crippen LogP contribution in [0.25, 0.3) is 0 Å². The normalized spacial score (nSPS) is 19.4. The molecule has 2 aliphatic heterocycles. The highest BCUT2D eigenvalue weighted by atomic mass is 31.2. The molecule has 40 heavy (non-hydrogen) atoms. The van der Waals surface area contributed by atoms with Gasteiger partial charge in [0, 0.05) is 61.0 Å². The predicted octanol–water partition coefficient (Wildman–Crippen LogP) is 7.99. The zero-order chi connectivity index (χ0) is 27.7. The zero-order valence-electron chi connectivity index (χ0n) is 23.4. The van der Waals surface area contributed by atoms with Crippen LogP contribution in [0.15, 0.2) is 125 Å². The van der Waals surface area contributed by atoms with E-state index in [0.717, 1.165) is 31.9 Å². The van der Waals surface area contributed by atoms with Crippen molar-refractivity contribution < 1.29 is 4.39 Å². The summed E-state index contributed by atoms with van der Waals surface area (Å²) in [6.45, 7) is 8.21. The average Bonchev–Trinajstić information content (AvgIpc) is 3.19. The van der Waals surface area contributed by atoms with Crippen LogP contribution in [0.2, 0.25) is 0 Å². The van der Waals surface area contributed by atoms with Crippen LogP contribution in [0.5, 0.6) is 0 Å². The van der Waals surface area contributed by atoms with Gasteiger partial charge in [-0.25, -0.2) is 9.14 Å². The van der Waals surface area contributed by atoms with Gasteiger partial charge >= 0.3 is 0 Å². The molecule has 0 saturated carbocycles. The van der Waals surface area contributed by atoms with Crippen molar-refractivity contribution in [2.45, 2.75) is 19.3 Å². The number of anilines is 2. The minimum atomic E-state index is -2.47. The molecule has 0 spiro atoms. The molecule has 4 aromatic rings. The molecule has 0 amide bonds. The van der Waals surface area contributed by atoms with Gasteiger partial charge in [-0.1, -0.05) is 80.6 Å². The summed E-state index contributed by atoms with van der Waals surface area (Å²) < 4.78 is 22.2. The zero-order valence-corrected chi connectivity index (χ0v) is 24.3. The highest BCUT2D eigenvalue weighted by molar-refractivity contribution is 7.74. The fraction of sp³-hybridized carbons (Fsp3) is 0.235. The van der Waals surface area contributed by atoms with E-state index in [2.05, 4.69) is 126 Å². The van der Waals surface area contributed by atoms with Crippen LogP contribution >= 0.6 is 7.21 Å². The molecule has 0 N–H and O–H groups in total. The smallest absolute Gasteiger partial charge is 0.123 e. The lowest BCUT2D eigenvalue weighted by atomic mass is 9.84. The number of fused-ring (bicyclic) bond motifs is 1. The molecule has 0 bridgehead atoms. The van der Waals surface area contributed by atoms with Crippen molar-refractivity contribution in [3.05, 3.63) is 132 Å². The molecular weight excluding hydrogens is 514 g/mol. The summed E-state index contributed by atoms with van der Waals surface area (Å²) in [5.41, 5.74) is 5.69. The van der Waals surface area contributed by atoms with E-state index >= 15 is 0 Å². The highest BCUT2D eigenvalue weighted by Crippen LogP contribution is 2.60. The third-order valence-corrected chi connectivity index (χ3v) is 11.7. The molecule has 4 nitrogen and oxygen atoms in total. The Morgan fingerprint density at radius 3 is 2.00 bits per heavy atom. The Bertz CT molecular complexity index is 1560. The summed E-state index contributed by atoms with van der Waals surface area (Å²) in [4.78, 5) is 4.80. The van der Waals surface area contributed by atoms with Crippen LogP contribution in [0.4, 0.5) is 21.5 Å². The Morgan fingerprint density at radius 2 is 1.35 bits per heavy atom. The molecule has 0 radical (unpaired) electrons. The molecule has 2 aliphatic rings. The number of benzene rings is 4. The van der Waals surface area contributed by atoms with Gasteiger partial charge in [-0.2, -0.15) is 0 Å². The van der Waals surface area contributed by atoms with Crippen molar-refractivity contribution in [3.63, 3.8) is 0 Å². The van der Waals surface area contributed by atoms with Crippen LogP contribution < -0.4 is 15.1 Å². The number of nitrogens with zero attached hydrogens (tertiary/aromatic N) is 4. The van der Waals surface area contributed by atoms with Gasteiger partial charge in [0.15, 0.2) is 0 Å². The Balaban J connectivity index is 1.53. The first-order chi connectivity index (χ1) is 19.4. The van der Waals surface area contributed by atoms with E-state index in [0.29, 0.717) is 0 Å². The molecular formula is C34H36FN4P. The van der Waals surface area contributed by atoms with Gasteiger partial charge in [-0.05, 0) is 53.8 Å². The topological polar surface area (TPSA) is 22.1 Å². The average molecular weight is 551 g/mol. The third kappa shape index (κ3) is 4.78. The van der Waals surface area contributed by atoms with Crippen LogP contribution in [0, 0.1) is 5.82 Å². The molecule has 4 aromatic carbocycles. The van der Waals surface area contributed by atoms with Crippen LogP contribution in [-0.4, -0.2) is 37.9 Å². The Kier molecular flexibility index (Phi) is 7.12. The van der Waals surface area contributed by atoms with Gasteiger partial charge < -0.3 is 9.80 Å². The number of hydrogen-bond acceptors (Lipinski definition) is 3. The maximum absolute atomic E-state index is 14.0. The van der Waals surface area contributed by atoms with E-state index in [9.17, 15) is 4.39 Å². The van der Waals surface area contributed by atoms with Crippen molar-refractivity contribution in [2.24, 2.45) is 4.74 Å². The second kappa shape index (κ2) is 10.7. The van der Waals surface area contributed by atoms with Gasteiger partial charge in [-0.15, -0.1) is 0 Å². The quantitative estimate of drug-likeness (QED) is 0.235. The summed E-state index contributed by atoms with van der Waals surface area (Å²) in [6.07, 6.45) is 0. The Hall–Kier alpha value is -3.66. The predicted molar refractivity (Wildman–Crippen MR) is 168 cm³/mol. The van der Waals surface area contributed by atoms with E-state index in [1.807, 2.05) is 12.1 Å². The maximum atomic E-state index is 14.0. The van der Waals surface area contributed by atoms with Crippen molar-refractivity contribution in [2.75, 3.05) is 43.0 Å². The van der Waals surface area contributed by atoms with E-state index in [1.165, 1.54) is 40.1 Å². The first kappa shape index (κ1) is 26.6. The largest absolute Gasteiger partial charge is 0.369 e. The summed E-state index contributed by atoms with van der Waals surface area (Å²) in [7, 11) is -0.297. The van der Waals surface area contributed by atoms with Crippen LogP contribution in [0.3, 0.4) is 0 Å². The van der Waals surface area contributed by atoms with E-state index < -0.39 is 7.21 Å². The molecule has 1 fully saturated rings. The first-order valence-electron chi connectivity index (χ1n) is 13.9. The fourth-order valence-electron chi connectivity index (χ4n) is 6.10. The molecule has 204 valence electrons. The number of likely N-dealkylation sites (N-methyl/N-ethyl adjacent to an activating group) is 1. The minimum absolute atomic E-state index is 0.185. The molecule has 0 aromatic heterocycles. The number of hydrogen-bond donors (Lipinski definition) is 0. The van der Waals surface area contributed by atoms with Crippen LogP contribution in [-0.2, 0) is 5.41 Å². The fourth-order valence-corrected chi connectivity index (χ4v) is 9.76. The summed E-state index contributed by atoms with van der Waals surface area (Å²) in [5, 5.41) is 1.21. The molecule has 6 heteroatoms. The minimum Gasteiger partial charge on any atom is -0.369 e. The molecule has 1 atom stereocenters. The SMILES string of the molecule is CN1/C(=C\[P@](=Nc2ccc(F)cc2)(c2ccccc2)N2CCN(c3ccccc3)CC2)C(C)(C)c2ccccc21. The van der Waals surface area contributed by atoms with E-state index in [-0.39, 0.29) is 11.2 Å². The van der Waals surface area contributed by atoms with Crippen LogP contribution in [0.1, 0.15) is 19.4 Å². The number of halogens is 1. The monoisotopic (exact) mass is 550 g/mol. The molecule has 1 saturated heterocycles. The Morgan fingerprint density at radius 1 is 0.750 bits per heavy atom. The number of allylic oxidation sites excluding steroid dienone is 1. The second-order valence-electron chi connectivity index (χ2n) is 11.1. The molecule has 0 aliphatic carbocycles. The van der Waals surface area contributed by atoms with Gasteiger partial charge in [-0.3, -0.25) is 4.67 Å². The molecule has 2 heterocycles. The number of piperazine rings is 1. The first-order valence-corrected chi connectivity index (χ1v) is 15.7. The van der Waals surface area contributed by atoms with E-state index in [4.69, 9.17) is 4.74 Å². The molecule has 6 rings (SSSR count). The summed E-state index contributed by atoms with van der Waals surface area (Å²) in [5.74, 6) is 2.23. The lowest BCUT2D eigenvalue weighted by Gasteiger charge is -2.43. The summed E-state index contributed by atoms with van der Waals surface area (Å²) in [6, 6.07) is 36.7. The highest BCUT2D eigenvalue weighted by Gasteiger charge is 2.41. The van der Waals surface area contributed by atoms with E-state index in [1.54, 1.807) is 0 Å². The summed E-state index contributed by atoms with van der Waals surface area (Å²) >= 11 is 0. The Labute approximate surface area is 237 Å². The maximum Gasteiger partial charge on any atom is 0.123 e. The lowest BCUT2D eigenvalue weighted by molar-refractivity contribution is 0.417. The van der Waals surface area contributed by atoms with Crippen molar-refractivity contribution in [1.82, 2.24) is 4.67 Å². The third-order valence-electron chi connectivity index (χ3n) is 8.28. The lowest BCUT2D eigenvalue weighted by Crippen LogP contribution is -2.46. The molecule has 0 unspecified atom stereocenters. The van der Waals surface area contributed by atoms with Gasteiger partial charge in [0.1, 0.15) is 5.82 Å². The van der Waals surface area contributed by atoms with Crippen molar-refractivity contribution in [1.29, 1.82) is 0 Å². The van der Waals surface area contributed by atoms with Gasteiger partial charge in [0.05, 0.1) is 12.9 Å². The second-order valence-corrected chi connectivity index (χ2v) is 13.9. The van der Waals surface area contributed by atoms with Gasteiger partial charge in [0.2, 0.25) is 0 Å².